The molecular weight excluding hydrogens is 90.1 g/mol. The van der Waals surface area contributed by atoms with Crippen molar-refractivity contribution < 1.29 is 4.84 Å². The third-order valence-electron chi connectivity index (χ3n) is 1.26. The molecule has 42 valence electrons. The molecule has 2 heteroatoms. The van der Waals surface area contributed by atoms with Gasteiger partial charge in [-0.05, 0) is 5.92 Å². The molecule has 2 nitrogen and oxygen atoms in total. The van der Waals surface area contributed by atoms with E-state index < -0.39 is 0 Å². The van der Waals surface area contributed by atoms with Gasteiger partial charge < -0.3 is 0 Å². The van der Waals surface area contributed by atoms with Crippen LogP contribution in [-0.2, 0) is 4.84 Å². The minimum atomic E-state index is 0.472. The van der Waals surface area contributed by atoms with E-state index in [1.807, 2.05) is 0 Å². The maximum Gasteiger partial charge on any atom is 0.0960 e. The molecule has 0 spiro atoms. The third kappa shape index (κ3) is 0.924. The number of rotatable bonds is 1. The summed E-state index contributed by atoms with van der Waals surface area (Å²) in [6.45, 7) is 5.34. The van der Waals surface area contributed by atoms with Crippen molar-refractivity contribution in [2.45, 2.75) is 20.0 Å². The summed E-state index contributed by atoms with van der Waals surface area (Å²) in [6, 6.07) is 0. The number of hydrogen-bond donors (Lipinski definition) is 1. The van der Waals surface area contributed by atoms with Crippen molar-refractivity contribution in [1.82, 2.24) is 5.48 Å². The van der Waals surface area contributed by atoms with Gasteiger partial charge in [0.25, 0.3) is 0 Å². The van der Waals surface area contributed by atoms with Gasteiger partial charge >= 0.3 is 0 Å². The second-order valence-corrected chi connectivity index (χ2v) is 2.25. The first kappa shape index (κ1) is 5.06. The van der Waals surface area contributed by atoms with Gasteiger partial charge in [0, 0.05) is 6.54 Å². The average Bonchev–Trinajstić information content (AvgIpc) is 1.23. The fourth-order valence-corrected chi connectivity index (χ4v) is 0.551. The number of hydroxylamine groups is 1. The highest BCUT2D eigenvalue weighted by molar-refractivity contribution is 4.67. The first-order valence-electron chi connectivity index (χ1n) is 2.69. The fourth-order valence-electron chi connectivity index (χ4n) is 0.551. The first-order chi connectivity index (χ1) is 3.30. The largest absolute Gasteiger partial charge is 0.297 e. The van der Waals surface area contributed by atoms with Crippen LogP contribution in [0.2, 0.25) is 0 Å². The molecule has 0 aromatic carbocycles. The molecule has 0 saturated carbocycles. The minimum Gasteiger partial charge on any atom is -0.297 e. The Morgan fingerprint density at radius 2 is 2.29 bits per heavy atom. The Kier molecular flexibility index (Phi) is 1.30. The Bertz CT molecular complexity index is 59.1. The van der Waals surface area contributed by atoms with Crippen LogP contribution in [0.4, 0.5) is 0 Å². The van der Waals surface area contributed by atoms with Gasteiger partial charge in [-0.1, -0.05) is 13.8 Å². The molecule has 1 aliphatic heterocycles. The molecular formula is C5H11NO. The van der Waals surface area contributed by atoms with Crippen LogP contribution in [-0.4, -0.2) is 12.6 Å². The van der Waals surface area contributed by atoms with E-state index >= 15 is 0 Å². The standard InChI is InChI=1S/C5H11NO/c1-4(2)5-3-6-7-5/h4-6H,3H2,1-2H3. The zero-order valence-corrected chi connectivity index (χ0v) is 4.77. The van der Waals surface area contributed by atoms with Crippen molar-refractivity contribution in [2.24, 2.45) is 5.92 Å². The van der Waals surface area contributed by atoms with Gasteiger partial charge in [-0.2, -0.15) is 5.48 Å². The molecule has 1 atom stereocenters. The zero-order valence-electron chi connectivity index (χ0n) is 4.77. The highest BCUT2D eigenvalue weighted by atomic mass is 16.7. The van der Waals surface area contributed by atoms with Crippen molar-refractivity contribution in [2.75, 3.05) is 6.54 Å². The van der Waals surface area contributed by atoms with Crippen molar-refractivity contribution >= 4 is 0 Å². The maximum absolute atomic E-state index is 4.94. The highest BCUT2D eigenvalue weighted by Crippen LogP contribution is 2.08. The lowest BCUT2D eigenvalue weighted by Gasteiger charge is -2.29. The molecule has 1 unspecified atom stereocenters. The lowest BCUT2D eigenvalue weighted by Crippen LogP contribution is -2.47. The molecule has 0 aromatic rings. The van der Waals surface area contributed by atoms with Crippen LogP contribution in [0.1, 0.15) is 13.8 Å². The van der Waals surface area contributed by atoms with Gasteiger partial charge in [0.1, 0.15) is 0 Å². The quantitative estimate of drug-likeness (QED) is 0.520. The van der Waals surface area contributed by atoms with Crippen molar-refractivity contribution in [3.8, 4) is 0 Å². The molecule has 1 saturated heterocycles. The summed E-state index contributed by atoms with van der Waals surface area (Å²) in [5.74, 6) is 0.668. The topological polar surface area (TPSA) is 21.3 Å². The van der Waals surface area contributed by atoms with Gasteiger partial charge in [0.2, 0.25) is 0 Å². The maximum atomic E-state index is 4.94. The summed E-state index contributed by atoms with van der Waals surface area (Å²) in [4.78, 5) is 4.94. The van der Waals surface area contributed by atoms with E-state index in [4.69, 9.17) is 4.84 Å². The van der Waals surface area contributed by atoms with E-state index in [1.165, 1.54) is 0 Å². The fraction of sp³-hybridized carbons (Fsp3) is 1.00. The Hall–Kier alpha value is -0.0800. The van der Waals surface area contributed by atoms with E-state index in [9.17, 15) is 0 Å². The molecule has 0 aromatic heterocycles. The number of hydrogen-bond acceptors (Lipinski definition) is 2. The van der Waals surface area contributed by atoms with E-state index in [0.717, 1.165) is 6.54 Å². The second-order valence-electron chi connectivity index (χ2n) is 2.25. The Morgan fingerprint density at radius 1 is 1.71 bits per heavy atom. The van der Waals surface area contributed by atoms with E-state index in [0.29, 0.717) is 12.0 Å². The monoisotopic (exact) mass is 101 g/mol. The molecule has 1 heterocycles. The van der Waals surface area contributed by atoms with Gasteiger partial charge in [-0.15, -0.1) is 0 Å². The van der Waals surface area contributed by atoms with Crippen LogP contribution >= 0.6 is 0 Å². The molecule has 0 radical (unpaired) electrons. The normalized spacial score (nSPS) is 30.4. The molecule has 1 aliphatic rings. The van der Waals surface area contributed by atoms with Crippen LogP contribution in [0.3, 0.4) is 0 Å². The van der Waals surface area contributed by atoms with Crippen molar-refractivity contribution in [3.63, 3.8) is 0 Å². The van der Waals surface area contributed by atoms with Crippen LogP contribution in [0.15, 0.2) is 0 Å². The van der Waals surface area contributed by atoms with E-state index in [-0.39, 0.29) is 0 Å². The van der Waals surface area contributed by atoms with Gasteiger partial charge in [-0.3, -0.25) is 4.84 Å². The van der Waals surface area contributed by atoms with E-state index in [1.54, 1.807) is 0 Å². The van der Waals surface area contributed by atoms with Crippen molar-refractivity contribution in [3.05, 3.63) is 0 Å². The van der Waals surface area contributed by atoms with Gasteiger partial charge in [-0.25, -0.2) is 0 Å². The SMILES string of the molecule is CC(C)C1CNO1. The molecule has 1 rings (SSSR count). The summed E-state index contributed by atoms with van der Waals surface area (Å²) in [5, 5.41) is 0. The van der Waals surface area contributed by atoms with Crippen LogP contribution in [0.5, 0.6) is 0 Å². The molecule has 0 aliphatic carbocycles. The Labute approximate surface area is 43.8 Å². The molecule has 1 fully saturated rings. The zero-order chi connectivity index (χ0) is 5.28. The minimum absolute atomic E-state index is 0.472. The lowest BCUT2D eigenvalue weighted by molar-refractivity contribution is -0.142. The summed E-state index contributed by atoms with van der Waals surface area (Å²) in [6.07, 6.45) is 0.472. The second kappa shape index (κ2) is 1.80. The third-order valence-corrected chi connectivity index (χ3v) is 1.26. The molecule has 7 heavy (non-hydrogen) atoms. The smallest absolute Gasteiger partial charge is 0.0960 e. The Morgan fingerprint density at radius 3 is 2.29 bits per heavy atom. The van der Waals surface area contributed by atoms with Gasteiger partial charge in [0.15, 0.2) is 0 Å². The number of nitrogens with one attached hydrogen (secondary N) is 1. The average molecular weight is 101 g/mol. The van der Waals surface area contributed by atoms with Gasteiger partial charge in [0.05, 0.1) is 6.10 Å². The van der Waals surface area contributed by atoms with Crippen LogP contribution < -0.4 is 5.48 Å². The lowest BCUT2D eigenvalue weighted by atomic mass is 10.1. The predicted octanol–water partition coefficient (Wildman–Crippen LogP) is 0.546. The predicted molar refractivity (Wildman–Crippen MR) is 27.7 cm³/mol. The summed E-state index contributed by atoms with van der Waals surface area (Å²) in [7, 11) is 0. The summed E-state index contributed by atoms with van der Waals surface area (Å²) in [5.41, 5.74) is 2.74. The van der Waals surface area contributed by atoms with Crippen molar-refractivity contribution in [1.29, 1.82) is 0 Å². The molecule has 1 N–H and O–H groups in total. The van der Waals surface area contributed by atoms with Crippen LogP contribution in [0.25, 0.3) is 0 Å². The summed E-state index contributed by atoms with van der Waals surface area (Å²) < 4.78 is 0. The highest BCUT2D eigenvalue weighted by Gasteiger charge is 2.20. The Balaban J connectivity index is 2.14. The first-order valence-corrected chi connectivity index (χ1v) is 2.69. The van der Waals surface area contributed by atoms with E-state index in [2.05, 4.69) is 19.3 Å². The molecule has 0 amide bonds. The molecule has 0 bridgehead atoms. The summed E-state index contributed by atoms with van der Waals surface area (Å²) >= 11 is 0. The van der Waals surface area contributed by atoms with Crippen LogP contribution in [0, 0.1) is 5.92 Å².